The highest BCUT2D eigenvalue weighted by Crippen LogP contribution is 2.18. The third-order valence-electron chi connectivity index (χ3n) is 1.25. The Kier molecular flexibility index (Phi) is 7.50. The van der Waals surface area contributed by atoms with Crippen LogP contribution in [0.15, 0.2) is 24.3 Å². The third-order valence-corrected chi connectivity index (χ3v) is 1.25. The molecule has 9 nitrogen and oxygen atoms in total. The summed E-state index contributed by atoms with van der Waals surface area (Å²) in [5.74, 6) is 8.00. The molecule has 0 heterocycles. The first-order chi connectivity index (χ1) is 6.61. The molecule has 0 fully saturated rings. The molecule has 0 bridgehead atoms. The van der Waals surface area contributed by atoms with Crippen LogP contribution in [0.2, 0.25) is 0 Å². The van der Waals surface area contributed by atoms with Crippen molar-refractivity contribution < 1.29 is 15.3 Å². The fourth-order valence-corrected chi connectivity index (χ4v) is 0.720. The quantitative estimate of drug-likeness (QED) is 0.384. The predicted octanol–water partition coefficient (Wildman–Crippen LogP) is -0.503. The Bertz CT molecular complexity index is 313. The lowest BCUT2D eigenvalue weighted by atomic mass is 10.3. The smallest absolute Gasteiger partial charge is 0.276 e. The van der Waals surface area contributed by atoms with Crippen molar-refractivity contribution >= 4 is 11.4 Å². The number of nitro benzene ring substituents is 2. The number of hydrazine groups is 1. The van der Waals surface area contributed by atoms with Crippen molar-refractivity contribution in [1.29, 1.82) is 0 Å². The Labute approximate surface area is 83.9 Å². The number of nitrogens with zero attached hydrogens (tertiary/aromatic N) is 2. The van der Waals surface area contributed by atoms with E-state index in [0.717, 1.165) is 6.07 Å². The second kappa shape index (κ2) is 7.32. The molecule has 0 atom stereocenters. The molecule has 0 radical (unpaired) electrons. The van der Waals surface area contributed by atoms with Gasteiger partial charge < -0.3 is 5.48 Å². The molecular weight excluding hydrogens is 208 g/mol. The fraction of sp³-hybridized carbons (Fsp3) is 0. The second-order valence-electron chi connectivity index (χ2n) is 2.03. The molecule has 0 aliphatic heterocycles. The summed E-state index contributed by atoms with van der Waals surface area (Å²) in [5, 5.41) is 20.3. The zero-order chi connectivity index (χ0) is 11.1. The number of non-ortho nitro benzene ring substituents is 2. The van der Waals surface area contributed by atoms with Crippen LogP contribution in [0.1, 0.15) is 0 Å². The van der Waals surface area contributed by atoms with Gasteiger partial charge in [0.05, 0.1) is 15.9 Å². The summed E-state index contributed by atoms with van der Waals surface area (Å²) < 4.78 is 0. The Balaban J connectivity index is 0. The number of hydrogen-bond acceptors (Lipinski definition) is 6. The maximum atomic E-state index is 10.2. The van der Waals surface area contributed by atoms with Crippen LogP contribution in [0.5, 0.6) is 0 Å². The summed E-state index contributed by atoms with van der Waals surface area (Å²) in [6.45, 7) is 0. The number of nitrogens with two attached hydrogens (primary N) is 2. The Morgan fingerprint density at radius 1 is 1.00 bits per heavy atom. The molecule has 0 aliphatic carbocycles. The summed E-state index contributed by atoms with van der Waals surface area (Å²) in [6, 6.07) is 4.59. The SMILES string of the molecule is NN.O.O=[N+]([O-])c1cccc([N+](=O)[O-])c1. The summed E-state index contributed by atoms with van der Waals surface area (Å²) in [4.78, 5) is 19.0. The Morgan fingerprint density at radius 2 is 1.33 bits per heavy atom. The van der Waals surface area contributed by atoms with Crippen molar-refractivity contribution in [1.82, 2.24) is 0 Å². The van der Waals surface area contributed by atoms with Crippen molar-refractivity contribution in [3.05, 3.63) is 44.5 Å². The van der Waals surface area contributed by atoms with Crippen LogP contribution in [-0.2, 0) is 0 Å². The largest absolute Gasteiger partial charge is 0.412 e. The summed E-state index contributed by atoms with van der Waals surface area (Å²) in [6.07, 6.45) is 0. The van der Waals surface area contributed by atoms with Gasteiger partial charge in [0.1, 0.15) is 0 Å². The lowest BCUT2D eigenvalue weighted by Crippen LogP contribution is -2.02. The molecule has 1 aromatic rings. The monoisotopic (exact) mass is 218 g/mol. The first-order valence-electron chi connectivity index (χ1n) is 3.33. The topological polar surface area (TPSA) is 170 Å². The Hall–Kier alpha value is -2.10. The third kappa shape index (κ3) is 4.61. The highest BCUT2D eigenvalue weighted by Gasteiger charge is 2.11. The van der Waals surface area contributed by atoms with Gasteiger partial charge in [0.2, 0.25) is 0 Å². The maximum Gasteiger partial charge on any atom is 0.276 e. The molecule has 0 saturated carbocycles. The van der Waals surface area contributed by atoms with Gasteiger partial charge in [-0.15, -0.1) is 0 Å². The first kappa shape index (κ1) is 15.4. The zero-order valence-corrected chi connectivity index (χ0v) is 7.49. The molecule has 0 unspecified atom stereocenters. The number of hydrogen-bond donors (Lipinski definition) is 2. The average Bonchev–Trinajstić information content (AvgIpc) is 2.21. The molecule has 0 aliphatic rings. The van der Waals surface area contributed by atoms with E-state index in [4.69, 9.17) is 0 Å². The van der Waals surface area contributed by atoms with Crippen molar-refractivity contribution in [3.63, 3.8) is 0 Å². The van der Waals surface area contributed by atoms with Gasteiger partial charge in [0.25, 0.3) is 11.4 Å². The van der Waals surface area contributed by atoms with Gasteiger partial charge in [-0.05, 0) is 6.07 Å². The molecular formula is C6H10N4O5. The van der Waals surface area contributed by atoms with E-state index in [9.17, 15) is 20.2 Å². The van der Waals surface area contributed by atoms with Gasteiger partial charge in [0.15, 0.2) is 0 Å². The van der Waals surface area contributed by atoms with E-state index in [1.54, 1.807) is 0 Å². The first-order valence-corrected chi connectivity index (χ1v) is 3.33. The van der Waals surface area contributed by atoms with Crippen LogP contribution in [0.25, 0.3) is 0 Å². The number of nitro groups is 2. The molecule has 0 saturated heterocycles. The zero-order valence-electron chi connectivity index (χ0n) is 7.49. The summed E-state index contributed by atoms with van der Waals surface area (Å²) >= 11 is 0. The van der Waals surface area contributed by atoms with Crippen molar-refractivity contribution in [2.45, 2.75) is 0 Å². The molecule has 1 rings (SSSR count). The standard InChI is InChI=1S/C6H4N2O4.H4N2.H2O/c9-7(10)5-2-1-3-6(4-5)8(11)12;1-2;/h1-4H;1-2H2;1H2. The predicted molar refractivity (Wildman–Crippen MR) is 51.7 cm³/mol. The van der Waals surface area contributed by atoms with E-state index in [-0.39, 0.29) is 16.9 Å². The molecule has 1 aromatic carbocycles. The lowest BCUT2D eigenvalue weighted by Gasteiger charge is -1.90. The van der Waals surface area contributed by atoms with E-state index in [1.165, 1.54) is 18.2 Å². The van der Waals surface area contributed by atoms with Gasteiger partial charge in [-0.2, -0.15) is 0 Å². The fourth-order valence-electron chi connectivity index (χ4n) is 0.720. The van der Waals surface area contributed by atoms with E-state index in [2.05, 4.69) is 11.7 Å². The highest BCUT2D eigenvalue weighted by atomic mass is 16.6. The molecule has 6 N–H and O–H groups in total. The van der Waals surface area contributed by atoms with Gasteiger partial charge in [-0.1, -0.05) is 0 Å². The summed E-state index contributed by atoms with van der Waals surface area (Å²) in [7, 11) is 0. The van der Waals surface area contributed by atoms with Crippen molar-refractivity contribution in [2.75, 3.05) is 0 Å². The molecule has 0 amide bonds. The van der Waals surface area contributed by atoms with Gasteiger partial charge in [-0.25, -0.2) is 0 Å². The van der Waals surface area contributed by atoms with Crippen LogP contribution >= 0.6 is 0 Å². The molecule has 15 heavy (non-hydrogen) atoms. The van der Waals surface area contributed by atoms with Gasteiger partial charge >= 0.3 is 0 Å². The maximum absolute atomic E-state index is 10.2. The number of rotatable bonds is 2. The van der Waals surface area contributed by atoms with Crippen LogP contribution < -0.4 is 11.7 Å². The molecule has 9 heteroatoms. The van der Waals surface area contributed by atoms with Gasteiger partial charge in [0, 0.05) is 12.1 Å². The van der Waals surface area contributed by atoms with E-state index >= 15 is 0 Å². The molecule has 0 aromatic heterocycles. The minimum absolute atomic E-state index is 0. The van der Waals surface area contributed by atoms with E-state index < -0.39 is 9.85 Å². The number of benzene rings is 1. The summed E-state index contributed by atoms with van der Waals surface area (Å²) in [5.41, 5.74) is -0.548. The van der Waals surface area contributed by atoms with Crippen LogP contribution in [0, 0.1) is 20.2 Å². The van der Waals surface area contributed by atoms with Crippen molar-refractivity contribution in [3.8, 4) is 0 Å². The molecule has 0 spiro atoms. The lowest BCUT2D eigenvalue weighted by molar-refractivity contribution is -0.394. The normalized spacial score (nSPS) is 7.87. The van der Waals surface area contributed by atoms with Crippen LogP contribution in [0.3, 0.4) is 0 Å². The second-order valence-corrected chi connectivity index (χ2v) is 2.03. The van der Waals surface area contributed by atoms with Crippen LogP contribution in [0.4, 0.5) is 11.4 Å². The highest BCUT2D eigenvalue weighted by molar-refractivity contribution is 5.42. The van der Waals surface area contributed by atoms with E-state index in [1.807, 2.05) is 0 Å². The average molecular weight is 218 g/mol. The van der Waals surface area contributed by atoms with Crippen LogP contribution in [-0.4, -0.2) is 15.3 Å². The van der Waals surface area contributed by atoms with Gasteiger partial charge in [-0.3, -0.25) is 31.9 Å². The Morgan fingerprint density at radius 3 is 1.60 bits per heavy atom. The molecule has 84 valence electrons. The van der Waals surface area contributed by atoms with E-state index in [0.29, 0.717) is 0 Å². The van der Waals surface area contributed by atoms with Crippen molar-refractivity contribution in [2.24, 2.45) is 11.7 Å². The minimum Gasteiger partial charge on any atom is -0.412 e. The minimum atomic E-state index is -0.674.